The second-order valence-corrected chi connectivity index (χ2v) is 8.13. The normalized spacial score (nSPS) is 15.3. The number of anilines is 1. The lowest BCUT2D eigenvalue weighted by molar-refractivity contribution is -0.117. The standard InChI is InChI=1S/C19H19ClN2O4S/c1-10-6-15(22-18(23)12-2-3-12)27-17(10)19(24)21-9-11-7-13(20)16-14(8-11)25-4-5-26-16/h6-8,12H,2-5,9H2,1H3,(H,21,24)(H,22,23). The van der Waals surface area contributed by atoms with Crippen molar-refractivity contribution >= 4 is 39.8 Å². The fraction of sp³-hybridized carbons (Fsp3) is 0.368. The Morgan fingerprint density at radius 3 is 2.78 bits per heavy atom. The van der Waals surface area contributed by atoms with Crippen LogP contribution in [0.25, 0.3) is 0 Å². The average molecular weight is 407 g/mol. The first-order chi connectivity index (χ1) is 13.0. The highest BCUT2D eigenvalue weighted by molar-refractivity contribution is 7.18. The largest absolute Gasteiger partial charge is 0.486 e. The molecular formula is C19H19ClN2O4S. The zero-order valence-electron chi connectivity index (χ0n) is 14.8. The van der Waals surface area contributed by atoms with E-state index in [2.05, 4.69) is 10.6 Å². The Hall–Kier alpha value is -2.25. The van der Waals surface area contributed by atoms with Gasteiger partial charge in [-0.15, -0.1) is 11.3 Å². The molecule has 2 aromatic rings. The number of hydrogen-bond donors (Lipinski definition) is 2. The van der Waals surface area contributed by atoms with E-state index in [-0.39, 0.29) is 17.7 Å². The van der Waals surface area contributed by atoms with Crippen LogP contribution in [0.1, 0.15) is 33.6 Å². The Morgan fingerprint density at radius 2 is 2.00 bits per heavy atom. The van der Waals surface area contributed by atoms with Crippen molar-refractivity contribution in [1.82, 2.24) is 5.32 Å². The Labute approximate surface area is 165 Å². The summed E-state index contributed by atoms with van der Waals surface area (Å²) in [7, 11) is 0. The number of carbonyl (C=O) groups is 2. The summed E-state index contributed by atoms with van der Waals surface area (Å²) in [6, 6.07) is 5.42. The molecule has 0 unspecified atom stereocenters. The molecule has 1 aliphatic heterocycles. The number of rotatable bonds is 5. The minimum Gasteiger partial charge on any atom is -0.486 e. The van der Waals surface area contributed by atoms with Crippen LogP contribution in [-0.2, 0) is 11.3 Å². The summed E-state index contributed by atoms with van der Waals surface area (Å²) >= 11 is 7.52. The van der Waals surface area contributed by atoms with E-state index in [1.165, 1.54) is 11.3 Å². The third-order valence-electron chi connectivity index (χ3n) is 4.43. The van der Waals surface area contributed by atoms with Gasteiger partial charge >= 0.3 is 0 Å². The number of aryl methyl sites for hydroxylation is 1. The smallest absolute Gasteiger partial charge is 0.261 e. The first-order valence-electron chi connectivity index (χ1n) is 8.79. The van der Waals surface area contributed by atoms with Gasteiger partial charge in [0.25, 0.3) is 5.91 Å². The lowest BCUT2D eigenvalue weighted by Crippen LogP contribution is -2.23. The molecular weight excluding hydrogens is 388 g/mol. The monoisotopic (exact) mass is 406 g/mol. The number of ether oxygens (including phenoxy) is 2. The van der Waals surface area contributed by atoms with E-state index in [9.17, 15) is 9.59 Å². The number of nitrogens with one attached hydrogen (secondary N) is 2. The molecule has 142 valence electrons. The molecule has 0 saturated heterocycles. The van der Waals surface area contributed by atoms with Gasteiger partial charge in [-0.2, -0.15) is 0 Å². The third kappa shape index (κ3) is 4.04. The van der Waals surface area contributed by atoms with Crippen LogP contribution in [0.3, 0.4) is 0 Å². The Bertz CT molecular complexity index is 907. The van der Waals surface area contributed by atoms with E-state index in [4.69, 9.17) is 21.1 Å². The minimum atomic E-state index is -0.185. The van der Waals surface area contributed by atoms with Crippen molar-refractivity contribution in [2.24, 2.45) is 5.92 Å². The van der Waals surface area contributed by atoms with Gasteiger partial charge in [0.05, 0.1) is 14.9 Å². The second kappa shape index (κ2) is 7.40. The fourth-order valence-corrected chi connectivity index (χ4v) is 4.15. The fourth-order valence-electron chi connectivity index (χ4n) is 2.87. The number of hydrogen-bond acceptors (Lipinski definition) is 5. The van der Waals surface area contributed by atoms with Gasteiger partial charge in [-0.3, -0.25) is 9.59 Å². The number of fused-ring (bicyclic) bond motifs is 1. The molecule has 2 N–H and O–H groups in total. The van der Waals surface area contributed by atoms with Gasteiger partial charge in [0, 0.05) is 12.5 Å². The van der Waals surface area contributed by atoms with E-state index in [0.717, 1.165) is 24.0 Å². The summed E-state index contributed by atoms with van der Waals surface area (Å²) in [4.78, 5) is 25.0. The van der Waals surface area contributed by atoms with Gasteiger partial charge in [-0.05, 0) is 49.1 Å². The van der Waals surface area contributed by atoms with Crippen LogP contribution >= 0.6 is 22.9 Å². The first-order valence-corrected chi connectivity index (χ1v) is 9.98. The predicted molar refractivity (Wildman–Crippen MR) is 104 cm³/mol. The number of amides is 2. The Balaban J connectivity index is 1.41. The van der Waals surface area contributed by atoms with Gasteiger partial charge in [0.1, 0.15) is 13.2 Å². The maximum Gasteiger partial charge on any atom is 0.261 e. The Morgan fingerprint density at radius 1 is 1.22 bits per heavy atom. The van der Waals surface area contributed by atoms with Crippen LogP contribution in [0.15, 0.2) is 18.2 Å². The molecule has 1 aliphatic carbocycles. The molecule has 4 rings (SSSR count). The molecule has 0 atom stereocenters. The molecule has 6 nitrogen and oxygen atoms in total. The number of benzene rings is 1. The molecule has 1 saturated carbocycles. The molecule has 2 aliphatic rings. The van der Waals surface area contributed by atoms with Crippen LogP contribution in [0.5, 0.6) is 11.5 Å². The maximum atomic E-state index is 12.6. The Kier molecular flexibility index (Phi) is 4.97. The zero-order chi connectivity index (χ0) is 19.0. The molecule has 0 spiro atoms. The van der Waals surface area contributed by atoms with Crippen molar-refractivity contribution < 1.29 is 19.1 Å². The van der Waals surface area contributed by atoms with Gasteiger partial charge in [-0.25, -0.2) is 0 Å². The highest BCUT2D eigenvalue weighted by Crippen LogP contribution is 2.38. The summed E-state index contributed by atoms with van der Waals surface area (Å²) in [5.41, 5.74) is 1.66. The van der Waals surface area contributed by atoms with Crippen molar-refractivity contribution in [1.29, 1.82) is 0 Å². The molecule has 0 radical (unpaired) electrons. The topological polar surface area (TPSA) is 76.7 Å². The van der Waals surface area contributed by atoms with E-state index < -0.39 is 0 Å². The number of thiophene rings is 1. The molecule has 1 aromatic heterocycles. The summed E-state index contributed by atoms with van der Waals surface area (Å²) in [5, 5.41) is 6.95. The first kappa shape index (κ1) is 18.1. The van der Waals surface area contributed by atoms with E-state index in [0.29, 0.717) is 46.2 Å². The lowest BCUT2D eigenvalue weighted by Gasteiger charge is -2.20. The van der Waals surface area contributed by atoms with Crippen LogP contribution < -0.4 is 20.1 Å². The van der Waals surface area contributed by atoms with Crippen LogP contribution in [0.4, 0.5) is 5.00 Å². The third-order valence-corrected chi connectivity index (χ3v) is 5.86. The molecule has 8 heteroatoms. The summed E-state index contributed by atoms with van der Waals surface area (Å²) < 4.78 is 11.1. The second-order valence-electron chi connectivity index (χ2n) is 6.67. The van der Waals surface area contributed by atoms with Crippen molar-refractivity contribution in [3.63, 3.8) is 0 Å². The quantitative estimate of drug-likeness (QED) is 0.792. The van der Waals surface area contributed by atoms with Crippen LogP contribution in [0, 0.1) is 12.8 Å². The van der Waals surface area contributed by atoms with E-state index >= 15 is 0 Å². The van der Waals surface area contributed by atoms with Crippen molar-refractivity contribution in [3.8, 4) is 11.5 Å². The summed E-state index contributed by atoms with van der Waals surface area (Å²) in [5.74, 6) is 1.12. The maximum absolute atomic E-state index is 12.6. The van der Waals surface area contributed by atoms with Gasteiger partial charge in [-0.1, -0.05) is 11.6 Å². The van der Waals surface area contributed by atoms with Crippen molar-refractivity contribution in [2.75, 3.05) is 18.5 Å². The van der Waals surface area contributed by atoms with Crippen LogP contribution in [0.2, 0.25) is 5.02 Å². The molecule has 1 aromatic carbocycles. The zero-order valence-corrected chi connectivity index (χ0v) is 16.3. The highest BCUT2D eigenvalue weighted by atomic mass is 35.5. The predicted octanol–water partition coefficient (Wildman–Crippen LogP) is 3.76. The average Bonchev–Trinajstić information content (AvgIpc) is 3.44. The molecule has 1 fully saturated rings. The molecule has 27 heavy (non-hydrogen) atoms. The highest BCUT2D eigenvalue weighted by Gasteiger charge is 2.30. The van der Waals surface area contributed by atoms with Crippen molar-refractivity contribution in [2.45, 2.75) is 26.3 Å². The minimum absolute atomic E-state index is 0.0362. The molecule has 2 heterocycles. The van der Waals surface area contributed by atoms with E-state index in [1.807, 2.05) is 19.1 Å². The van der Waals surface area contributed by atoms with Gasteiger partial charge in [0.2, 0.25) is 5.91 Å². The van der Waals surface area contributed by atoms with Crippen molar-refractivity contribution in [3.05, 3.63) is 39.2 Å². The van der Waals surface area contributed by atoms with Crippen LogP contribution in [-0.4, -0.2) is 25.0 Å². The number of halogens is 1. The van der Waals surface area contributed by atoms with E-state index in [1.54, 1.807) is 6.07 Å². The molecule has 0 bridgehead atoms. The molecule has 2 amide bonds. The lowest BCUT2D eigenvalue weighted by atomic mass is 10.2. The SMILES string of the molecule is Cc1cc(NC(=O)C2CC2)sc1C(=O)NCc1cc(Cl)c2c(c1)OCCO2. The summed E-state index contributed by atoms with van der Waals surface area (Å²) in [6.07, 6.45) is 1.89. The van der Waals surface area contributed by atoms with Gasteiger partial charge in [0.15, 0.2) is 11.5 Å². The van der Waals surface area contributed by atoms with Gasteiger partial charge < -0.3 is 20.1 Å². The number of carbonyl (C=O) groups excluding carboxylic acids is 2. The summed E-state index contributed by atoms with van der Waals surface area (Å²) in [6.45, 7) is 3.12.